The molecule has 1 saturated carbocycles. The summed E-state index contributed by atoms with van der Waals surface area (Å²) in [5, 5.41) is 18.1. The monoisotopic (exact) mass is 672 g/mol. The van der Waals surface area contributed by atoms with Crippen LogP contribution < -0.4 is 15.4 Å². The van der Waals surface area contributed by atoms with Crippen LogP contribution in [0.5, 0.6) is 5.75 Å². The van der Waals surface area contributed by atoms with Gasteiger partial charge in [-0.3, -0.25) is 4.79 Å². The molecule has 1 aliphatic carbocycles. The first-order chi connectivity index (χ1) is 23.7. The number of carbonyl (C=O) groups is 2. The van der Waals surface area contributed by atoms with E-state index in [0.29, 0.717) is 35.8 Å². The van der Waals surface area contributed by atoms with Crippen molar-refractivity contribution in [3.8, 4) is 5.75 Å². The molecule has 0 radical (unpaired) electrons. The SMILES string of the molecule is C[C@@H]1CCCCO[C@H](CN(C)CC2CCCCC2)[C@H](C)CN([C@@H](C)CO)C(=O)c2cc(NC(=O)Nc3cccc4ccccc34)ccc2O1. The molecule has 0 spiro atoms. The number of fused-ring (bicyclic) bond motifs is 2. The van der Waals surface area contributed by atoms with Crippen molar-refractivity contribution in [2.75, 3.05) is 50.5 Å². The van der Waals surface area contributed by atoms with E-state index in [4.69, 9.17) is 9.47 Å². The fourth-order valence-corrected chi connectivity index (χ4v) is 7.27. The third-order valence-electron chi connectivity index (χ3n) is 10.1. The van der Waals surface area contributed by atoms with Crippen LogP contribution in [0.15, 0.2) is 60.7 Å². The van der Waals surface area contributed by atoms with Crippen LogP contribution in [0.2, 0.25) is 0 Å². The third-order valence-corrected chi connectivity index (χ3v) is 10.1. The minimum absolute atomic E-state index is 0.0192. The average molecular weight is 673 g/mol. The quantitative estimate of drug-likeness (QED) is 0.226. The molecule has 9 heteroatoms. The number of aliphatic hydroxyl groups excluding tert-OH is 1. The second-order valence-corrected chi connectivity index (χ2v) is 14.3. The Kier molecular flexibility index (Phi) is 13.3. The van der Waals surface area contributed by atoms with Gasteiger partial charge >= 0.3 is 6.03 Å². The molecule has 3 N–H and O–H groups in total. The number of nitrogens with zero attached hydrogens (tertiary/aromatic N) is 2. The van der Waals surface area contributed by atoms with Crippen LogP contribution in [0.1, 0.15) is 82.5 Å². The predicted molar refractivity (Wildman–Crippen MR) is 198 cm³/mol. The van der Waals surface area contributed by atoms with Gasteiger partial charge in [-0.2, -0.15) is 0 Å². The van der Waals surface area contributed by atoms with Crippen LogP contribution in [0.3, 0.4) is 0 Å². The molecule has 0 saturated heterocycles. The smallest absolute Gasteiger partial charge is 0.323 e. The van der Waals surface area contributed by atoms with Gasteiger partial charge in [-0.1, -0.05) is 62.6 Å². The number of anilines is 2. The predicted octanol–water partition coefficient (Wildman–Crippen LogP) is 7.79. The molecule has 0 aromatic heterocycles. The zero-order valence-electron chi connectivity index (χ0n) is 29.8. The van der Waals surface area contributed by atoms with Crippen LogP contribution in [0.4, 0.5) is 16.2 Å². The first-order valence-corrected chi connectivity index (χ1v) is 18.3. The van der Waals surface area contributed by atoms with E-state index >= 15 is 0 Å². The maximum Gasteiger partial charge on any atom is 0.323 e. The first-order valence-electron chi connectivity index (χ1n) is 18.3. The molecule has 0 bridgehead atoms. The number of urea groups is 1. The largest absolute Gasteiger partial charge is 0.490 e. The summed E-state index contributed by atoms with van der Waals surface area (Å²) < 4.78 is 12.9. The Bertz CT molecular complexity index is 1520. The summed E-state index contributed by atoms with van der Waals surface area (Å²) in [5.74, 6) is 0.971. The number of rotatable bonds is 8. The molecular formula is C40H56N4O5. The Labute approximate surface area is 292 Å². The van der Waals surface area contributed by atoms with Gasteiger partial charge in [0.05, 0.1) is 36.1 Å². The van der Waals surface area contributed by atoms with E-state index in [-0.39, 0.29) is 30.6 Å². The van der Waals surface area contributed by atoms with E-state index in [1.165, 1.54) is 32.1 Å². The van der Waals surface area contributed by atoms with Gasteiger partial charge in [-0.25, -0.2) is 4.79 Å². The zero-order valence-corrected chi connectivity index (χ0v) is 29.8. The summed E-state index contributed by atoms with van der Waals surface area (Å²) >= 11 is 0. The number of hydrogen-bond acceptors (Lipinski definition) is 6. The van der Waals surface area contributed by atoms with Gasteiger partial charge in [0, 0.05) is 43.2 Å². The van der Waals surface area contributed by atoms with Crippen molar-refractivity contribution in [3.05, 3.63) is 66.2 Å². The number of benzene rings is 3. The van der Waals surface area contributed by atoms with Gasteiger partial charge in [-0.05, 0) is 88.6 Å². The average Bonchev–Trinajstić information content (AvgIpc) is 3.10. The fraction of sp³-hybridized carbons (Fsp3) is 0.550. The highest BCUT2D eigenvalue weighted by Gasteiger charge is 2.31. The van der Waals surface area contributed by atoms with Crippen molar-refractivity contribution in [3.63, 3.8) is 0 Å². The maximum absolute atomic E-state index is 14.5. The zero-order chi connectivity index (χ0) is 34.8. The summed E-state index contributed by atoms with van der Waals surface area (Å²) in [6.45, 7) is 8.78. The lowest BCUT2D eigenvalue weighted by atomic mass is 9.89. The molecule has 1 aliphatic heterocycles. The lowest BCUT2D eigenvalue weighted by Gasteiger charge is -2.36. The molecule has 1 heterocycles. The van der Waals surface area contributed by atoms with Crippen molar-refractivity contribution in [2.45, 2.75) is 90.4 Å². The van der Waals surface area contributed by atoms with Crippen molar-refractivity contribution in [2.24, 2.45) is 11.8 Å². The van der Waals surface area contributed by atoms with E-state index in [2.05, 4.69) is 29.5 Å². The second kappa shape index (κ2) is 17.8. The summed E-state index contributed by atoms with van der Waals surface area (Å²) in [4.78, 5) is 31.8. The van der Waals surface area contributed by atoms with Crippen LogP contribution in [-0.2, 0) is 4.74 Å². The molecule has 4 atom stereocenters. The first kappa shape index (κ1) is 36.6. The van der Waals surface area contributed by atoms with Crippen molar-refractivity contribution < 1.29 is 24.2 Å². The normalized spacial score (nSPS) is 22.2. The lowest BCUT2D eigenvalue weighted by molar-refractivity contribution is -0.0190. The Morgan fingerprint density at radius 1 is 0.959 bits per heavy atom. The number of aliphatic hydroxyl groups is 1. The molecule has 9 nitrogen and oxygen atoms in total. The summed E-state index contributed by atoms with van der Waals surface area (Å²) in [5.41, 5.74) is 1.52. The Morgan fingerprint density at radius 2 is 1.71 bits per heavy atom. The van der Waals surface area contributed by atoms with E-state index in [9.17, 15) is 14.7 Å². The molecule has 3 amide bonds. The van der Waals surface area contributed by atoms with Crippen LogP contribution >= 0.6 is 0 Å². The molecule has 5 rings (SSSR count). The van der Waals surface area contributed by atoms with Gasteiger partial charge < -0.3 is 35.0 Å². The van der Waals surface area contributed by atoms with Crippen LogP contribution in [-0.4, -0.2) is 85.0 Å². The number of amides is 3. The summed E-state index contributed by atoms with van der Waals surface area (Å²) in [7, 11) is 2.19. The van der Waals surface area contributed by atoms with E-state index in [0.717, 1.165) is 49.0 Å². The molecular weight excluding hydrogens is 616 g/mol. The van der Waals surface area contributed by atoms with E-state index in [1.807, 2.05) is 56.3 Å². The molecule has 1 fully saturated rings. The number of likely N-dealkylation sites (N-methyl/N-ethyl adjacent to an activating group) is 1. The van der Waals surface area contributed by atoms with Crippen molar-refractivity contribution in [1.29, 1.82) is 0 Å². The molecule has 266 valence electrons. The maximum atomic E-state index is 14.5. The summed E-state index contributed by atoms with van der Waals surface area (Å²) in [6.07, 6.45) is 9.10. The second-order valence-electron chi connectivity index (χ2n) is 14.3. The third kappa shape index (κ3) is 10.2. The number of nitrogens with one attached hydrogen (secondary N) is 2. The minimum atomic E-state index is -0.431. The highest BCUT2D eigenvalue weighted by Crippen LogP contribution is 2.30. The molecule has 3 aromatic rings. The Hall–Kier alpha value is -3.66. The lowest BCUT2D eigenvalue weighted by Crippen LogP contribution is -2.47. The van der Waals surface area contributed by atoms with E-state index < -0.39 is 12.1 Å². The van der Waals surface area contributed by atoms with Gasteiger partial charge in [0.1, 0.15) is 5.75 Å². The molecule has 2 aliphatic rings. The van der Waals surface area contributed by atoms with Crippen molar-refractivity contribution in [1.82, 2.24) is 9.80 Å². The topological polar surface area (TPSA) is 103 Å². The van der Waals surface area contributed by atoms with Crippen LogP contribution in [0.25, 0.3) is 10.8 Å². The number of hydrogen-bond donors (Lipinski definition) is 3. The Morgan fingerprint density at radius 3 is 2.51 bits per heavy atom. The van der Waals surface area contributed by atoms with E-state index in [1.54, 1.807) is 23.1 Å². The summed E-state index contributed by atoms with van der Waals surface area (Å²) in [6, 6.07) is 18.0. The Balaban J connectivity index is 1.37. The fourth-order valence-electron chi connectivity index (χ4n) is 7.27. The van der Waals surface area contributed by atoms with Gasteiger partial charge in [0.25, 0.3) is 5.91 Å². The molecule has 3 aromatic carbocycles. The van der Waals surface area contributed by atoms with Crippen molar-refractivity contribution >= 4 is 34.1 Å². The highest BCUT2D eigenvalue weighted by molar-refractivity contribution is 6.07. The van der Waals surface area contributed by atoms with Gasteiger partial charge in [0.15, 0.2) is 0 Å². The van der Waals surface area contributed by atoms with Crippen LogP contribution in [0, 0.1) is 11.8 Å². The van der Waals surface area contributed by atoms with Gasteiger partial charge in [0.2, 0.25) is 0 Å². The number of carbonyl (C=O) groups excluding carboxylic acids is 2. The molecule has 0 unspecified atom stereocenters. The standard InChI is InChI=1S/C40H56N4O5/c1-28-24-44(29(2)27-45)39(46)35-23-33(41-40(47)42-36-19-12-17-32-16-8-9-18-34(32)36)20-21-37(35)49-30(3)13-10-11-22-48-38(28)26-43(4)25-31-14-6-5-7-15-31/h8-9,12,16-21,23,28-31,38,45H,5-7,10-11,13-15,22,24-27H2,1-4H3,(H2,41,42,47)/t28-,29+,30-,38-/m1/s1. The van der Waals surface area contributed by atoms with Gasteiger partial charge in [-0.15, -0.1) is 0 Å². The number of ether oxygens (including phenoxy) is 2. The highest BCUT2D eigenvalue weighted by atomic mass is 16.5. The molecule has 49 heavy (non-hydrogen) atoms. The minimum Gasteiger partial charge on any atom is -0.490 e.